The Morgan fingerprint density at radius 2 is 1.94 bits per heavy atom. The molecule has 0 atom stereocenters. The number of thiophene rings is 1. The molecule has 0 unspecified atom stereocenters. The minimum absolute atomic E-state index is 0.334. The zero-order valence-electron chi connectivity index (χ0n) is 8.74. The van der Waals surface area contributed by atoms with Gasteiger partial charge in [0.2, 0.25) is 0 Å². The van der Waals surface area contributed by atoms with Gasteiger partial charge in [0.05, 0.1) is 6.54 Å². The SMILES string of the molecule is NCc1ccc(Cn2ccc(C(F)(F)F)n2)s1. The lowest BCUT2D eigenvalue weighted by atomic mass is 10.4. The van der Waals surface area contributed by atoms with E-state index < -0.39 is 11.9 Å². The van der Waals surface area contributed by atoms with Crippen LogP contribution < -0.4 is 5.73 Å². The molecule has 0 bridgehead atoms. The second-order valence-electron chi connectivity index (χ2n) is 3.47. The van der Waals surface area contributed by atoms with Gasteiger partial charge in [-0.1, -0.05) is 0 Å². The van der Waals surface area contributed by atoms with E-state index in [0.717, 1.165) is 15.8 Å². The van der Waals surface area contributed by atoms with Crippen LogP contribution >= 0.6 is 11.3 Å². The molecule has 2 N–H and O–H groups in total. The van der Waals surface area contributed by atoms with Gasteiger partial charge in [-0.3, -0.25) is 4.68 Å². The lowest BCUT2D eigenvalue weighted by molar-refractivity contribution is -0.141. The van der Waals surface area contributed by atoms with Gasteiger partial charge in [-0.15, -0.1) is 11.3 Å². The van der Waals surface area contributed by atoms with Crippen molar-refractivity contribution < 1.29 is 13.2 Å². The molecule has 0 spiro atoms. The summed E-state index contributed by atoms with van der Waals surface area (Å²) < 4.78 is 38.2. The van der Waals surface area contributed by atoms with Crippen LogP contribution in [0.25, 0.3) is 0 Å². The molecule has 0 aliphatic rings. The van der Waals surface area contributed by atoms with E-state index in [9.17, 15) is 13.2 Å². The highest BCUT2D eigenvalue weighted by molar-refractivity contribution is 7.11. The van der Waals surface area contributed by atoms with Gasteiger partial charge >= 0.3 is 6.18 Å². The van der Waals surface area contributed by atoms with Crippen LogP contribution in [0.4, 0.5) is 13.2 Å². The third kappa shape index (κ3) is 2.86. The lowest BCUT2D eigenvalue weighted by Crippen LogP contribution is -2.08. The van der Waals surface area contributed by atoms with Crippen molar-refractivity contribution in [3.05, 3.63) is 39.8 Å². The Bertz CT molecular complexity index is 501. The molecule has 0 fully saturated rings. The molecule has 0 saturated carbocycles. The number of alkyl halides is 3. The third-order valence-corrected chi connectivity index (χ3v) is 3.26. The van der Waals surface area contributed by atoms with E-state index in [2.05, 4.69) is 5.10 Å². The zero-order chi connectivity index (χ0) is 12.5. The fourth-order valence-corrected chi connectivity index (χ4v) is 2.27. The number of rotatable bonds is 3. The summed E-state index contributed by atoms with van der Waals surface area (Å²) in [6, 6.07) is 4.69. The molecule has 0 aliphatic heterocycles. The molecule has 0 saturated heterocycles. The molecule has 7 heteroatoms. The molecule has 2 rings (SSSR count). The van der Waals surface area contributed by atoms with E-state index in [1.54, 1.807) is 0 Å². The van der Waals surface area contributed by atoms with Gasteiger partial charge in [0, 0.05) is 22.5 Å². The van der Waals surface area contributed by atoms with Gasteiger partial charge < -0.3 is 5.73 Å². The number of hydrogen-bond donors (Lipinski definition) is 1. The number of aromatic nitrogens is 2. The Morgan fingerprint density at radius 1 is 1.24 bits per heavy atom. The van der Waals surface area contributed by atoms with Gasteiger partial charge in [0.15, 0.2) is 5.69 Å². The molecule has 2 heterocycles. The van der Waals surface area contributed by atoms with Crippen LogP contribution in [-0.4, -0.2) is 9.78 Å². The fourth-order valence-electron chi connectivity index (χ4n) is 1.38. The Morgan fingerprint density at radius 3 is 2.47 bits per heavy atom. The zero-order valence-corrected chi connectivity index (χ0v) is 9.55. The predicted molar refractivity (Wildman–Crippen MR) is 58.5 cm³/mol. The van der Waals surface area contributed by atoms with E-state index >= 15 is 0 Å². The predicted octanol–water partition coefficient (Wildman–Crippen LogP) is 2.47. The topological polar surface area (TPSA) is 43.8 Å². The van der Waals surface area contributed by atoms with Gasteiger partial charge in [0.25, 0.3) is 0 Å². The maximum atomic E-state index is 12.3. The van der Waals surface area contributed by atoms with Crippen molar-refractivity contribution in [2.75, 3.05) is 0 Å². The summed E-state index contributed by atoms with van der Waals surface area (Å²) in [5.41, 5.74) is 4.59. The number of nitrogens with two attached hydrogens (primary N) is 1. The van der Waals surface area contributed by atoms with Crippen molar-refractivity contribution in [3.8, 4) is 0 Å². The van der Waals surface area contributed by atoms with Crippen LogP contribution in [0.1, 0.15) is 15.4 Å². The van der Waals surface area contributed by atoms with E-state index in [0.29, 0.717) is 13.1 Å². The van der Waals surface area contributed by atoms with Crippen molar-refractivity contribution in [2.45, 2.75) is 19.3 Å². The van der Waals surface area contributed by atoms with Crippen molar-refractivity contribution >= 4 is 11.3 Å². The summed E-state index contributed by atoms with van der Waals surface area (Å²) >= 11 is 1.48. The monoisotopic (exact) mass is 261 g/mol. The van der Waals surface area contributed by atoms with Crippen molar-refractivity contribution in [2.24, 2.45) is 5.73 Å². The number of hydrogen-bond acceptors (Lipinski definition) is 3. The average molecular weight is 261 g/mol. The molecule has 0 aliphatic carbocycles. The molecule has 0 radical (unpaired) electrons. The fraction of sp³-hybridized carbons (Fsp3) is 0.300. The lowest BCUT2D eigenvalue weighted by Gasteiger charge is -2.01. The van der Waals surface area contributed by atoms with Crippen molar-refractivity contribution in [3.63, 3.8) is 0 Å². The summed E-state index contributed by atoms with van der Waals surface area (Å²) in [6.45, 7) is 0.776. The third-order valence-electron chi connectivity index (χ3n) is 2.17. The van der Waals surface area contributed by atoms with Gasteiger partial charge in [0.1, 0.15) is 0 Å². The first-order valence-electron chi connectivity index (χ1n) is 4.87. The highest BCUT2D eigenvalue weighted by atomic mass is 32.1. The van der Waals surface area contributed by atoms with E-state index in [-0.39, 0.29) is 0 Å². The molecular formula is C10H10F3N3S. The first kappa shape index (κ1) is 12.1. The largest absolute Gasteiger partial charge is 0.435 e. The second kappa shape index (κ2) is 4.50. The first-order chi connectivity index (χ1) is 7.99. The molecule has 92 valence electrons. The normalized spacial score (nSPS) is 12.0. The highest BCUT2D eigenvalue weighted by Crippen LogP contribution is 2.27. The maximum Gasteiger partial charge on any atom is 0.435 e. The highest BCUT2D eigenvalue weighted by Gasteiger charge is 2.33. The molecular weight excluding hydrogens is 251 g/mol. The summed E-state index contributed by atoms with van der Waals surface area (Å²) in [7, 11) is 0. The summed E-state index contributed by atoms with van der Waals surface area (Å²) in [5, 5.41) is 3.48. The van der Waals surface area contributed by atoms with Crippen LogP contribution in [0.5, 0.6) is 0 Å². The summed E-state index contributed by atoms with van der Waals surface area (Å²) in [4.78, 5) is 1.94. The van der Waals surface area contributed by atoms with Crippen molar-refractivity contribution in [1.29, 1.82) is 0 Å². The van der Waals surface area contributed by atoms with E-state index in [1.165, 1.54) is 22.2 Å². The van der Waals surface area contributed by atoms with Gasteiger partial charge in [-0.2, -0.15) is 18.3 Å². The van der Waals surface area contributed by atoms with Crippen molar-refractivity contribution in [1.82, 2.24) is 9.78 Å². The smallest absolute Gasteiger partial charge is 0.326 e. The van der Waals surface area contributed by atoms with Crippen LogP contribution in [0.15, 0.2) is 24.4 Å². The van der Waals surface area contributed by atoms with E-state index in [4.69, 9.17) is 5.73 Å². The Labute approximate surface area is 99.7 Å². The van der Waals surface area contributed by atoms with Crippen LogP contribution in [-0.2, 0) is 19.3 Å². The van der Waals surface area contributed by atoms with Gasteiger partial charge in [-0.25, -0.2) is 0 Å². The van der Waals surface area contributed by atoms with Crippen LogP contribution in [0, 0.1) is 0 Å². The maximum absolute atomic E-state index is 12.3. The van der Waals surface area contributed by atoms with E-state index in [1.807, 2.05) is 12.1 Å². The first-order valence-corrected chi connectivity index (χ1v) is 5.69. The molecule has 0 aromatic carbocycles. The Hall–Kier alpha value is -1.34. The molecule has 0 amide bonds. The molecule has 2 aromatic heterocycles. The van der Waals surface area contributed by atoms with Crippen LogP contribution in [0.3, 0.4) is 0 Å². The minimum Gasteiger partial charge on any atom is -0.326 e. The van der Waals surface area contributed by atoms with Gasteiger partial charge in [-0.05, 0) is 18.2 Å². The average Bonchev–Trinajstić information content (AvgIpc) is 2.86. The minimum atomic E-state index is -4.39. The standard InChI is InChI=1S/C10H10F3N3S/c11-10(12,13)9-3-4-16(15-9)6-8-2-1-7(5-14)17-8/h1-4H,5-6,14H2. The number of nitrogens with zero attached hydrogens (tertiary/aromatic N) is 2. The summed E-state index contributed by atoms with van der Waals surface area (Å²) in [5.74, 6) is 0. The Kier molecular flexibility index (Phi) is 3.21. The van der Waals surface area contributed by atoms with Crippen LogP contribution in [0.2, 0.25) is 0 Å². The quantitative estimate of drug-likeness (QED) is 0.922. The molecule has 3 nitrogen and oxygen atoms in total. The Balaban J connectivity index is 2.11. The summed E-state index contributed by atoms with van der Waals surface area (Å²) in [6.07, 6.45) is -3.06. The molecule has 2 aromatic rings. The molecule has 17 heavy (non-hydrogen) atoms. The number of halogens is 3. The second-order valence-corrected chi connectivity index (χ2v) is 4.72.